The first kappa shape index (κ1) is 18.0. The summed E-state index contributed by atoms with van der Waals surface area (Å²) in [5.41, 5.74) is 1.13. The molecule has 1 aliphatic heterocycles. The number of methoxy groups -OCH3 is 1. The van der Waals surface area contributed by atoms with Gasteiger partial charge in [-0.25, -0.2) is 0 Å². The summed E-state index contributed by atoms with van der Waals surface area (Å²) >= 11 is 5.65. The van der Waals surface area contributed by atoms with Gasteiger partial charge in [0.1, 0.15) is 5.75 Å². The molecule has 1 N–H and O–H groups in total. The highest BCUT2D eigenvalue weighted by atomic mass is 32.1. The first-order valence-corrected chi connectivity index (χ1v) is 8.60. The lowest BCUT2D eigenvalue weighted by molar-refractivity contribution is 0.0893. The number of hydrogen-bond acceptors (Lipinski definition) is 3. The van der Waals surface area contributed by atoms with Crippen LogP contribution in [0.1, 0.15) is 39.2 Å². The number of ether oxygens (including phenoxy) is 2. The van der Waals surface area contributed by atoms with E-state index >= 15 is 0 Å². The van der Waals surface area contributed by atoms with Gasteiger partial charge < -0.3 is 19.7 Å². The van der Waals surface area contributed by atoms with E-state index in [0.717, 1.165) is 43.4 Å². The maximum absolute atomic E-state index is 5.79. The number of nitrogens with one attached hydrogen (secondary N) is 1. The van der Waals surface area contributed by atoms with E-state index in [2.05, 4.69) is 43.1 Å². The Hall–Kier alpha value is -1.33. The molecule has 1 fully saturated rings. The van der Waals surface area contributed by atoms with Gasteiger partial charge >= 0.3 is 0 Å². The van der Waals surface area contributed by atoms with E-state index < -0.39 is 0 Å². The number of benzene rings is 1. The second-order valence-corrected chi connectivity index (χ2v) is 7.43. The van der Waals surface area contributed by atoms with Gasteiger partial charge in [-0.15, -0.1) is 0 Å². The third-order valence-electron chi connectivity index (χ3n) is 3.72. The quantitative estimate of drug-likeness (QED) is 0.834. The summed E-state index contributed by atoms with van der Waals surface area (Å²) in [5, 5.41) is 4.19. The smallest absolute Gasteiger partial charge is 0.169 e. The van der Waals surface area contributed by atoms with Gasteiger partial charge in [-0.1, -0.05) is 12.1 Å². The predicted molar refractivity (Wildman–Crippen MR) is 97.9 cm³/mol. The Morgan fingerprint density at radius 3 is 2.83 bits per heavy atom. The third-order valence-corrected chi connectivity index (χ3v) is 4.09. The fourth-order valence-electron chi connectivity index (χ4n) is 2.64. The third kappa shape index (κ3) is 5.99. The number of nitrogens with zero attached hydrogens (tertiary/aromatic N) is 1. The second kappa shape index (κ2) is 7.97. The molecule has 0 radical (unpaired) electrons. The monoisotopic (exact) mass is 336 g/mol. The lowest BCUT2D eigenvalue weighted by atomic mass is 10.1. The van der Waals surface area contributed by atoms with Gasteiger partial charge in [0.25, 0.3) is 0 Å². The molecule has 1 aromatic rings. The van der Waals surface area contributed by atoms with Crippen molar-refractivity contribution in [3.8, 4) is 5.75 Å². The Labute approximate surface area is 145 Å². The molecule has 1 saturated heterocycles. The highest BCUT2D eigenvalue weighted by Crippen LogP contribution is 2.18. The van der Waals surface area contributed by atoms with Gasteiger partial charge in [-0.2, -0.15) is 0 Å². The van der Waals surface area contributed by atoms with Crippen LogP contribution in [0.5, 0.6) is 5.75 Å². The molecule has 0 bridgehead atoms. The topological polar surface area (TPSA) is 33.7 Å². The zero-order chi connectivity index (χ0) is 16.9. The molecule has 23 heavy (non-hydrogen) atoms. The zero-order valence-electron chi connectivity index (χ0n) is 14.6. The molecule has 0 saturated carbocycles. The van der Waals surface area contributed by atoms with Crippen molar-refractivity contribution in [3.63, 3.8) is 0 Å². The van der Waals surface area contributed by atoms with Crippen LogP contribution in [-0.2, 0) is 11.3 Å². The molecule has 5 heteroatoms. The van der Waals surface area contributed by atoms with Crippen LogP contribution in [0.25, 0.3) is 0 Å². The molecule has 1 unspecified atom stereocenters. The van der Waals surface area contributed by atoms with Crippen molar-refractivity contribution in [2.75, 3.05) is 20.3 Å². The van der Waals surface area contributed by atoms with E-state index in [9.17, 15) is 0 Å². The lowest BCUT2D eigenvalue weighted by Crippen LogP contribution is -2.49. The lowest BCUT2D eigenvalue weighted by Gasteiger charge is -2.32. The van der Waals surface area contributed by atoms with Crippen LogP contribution in [0.3, 0.4) is 0 Å². The Balaban J connectivity index is 2.09. The summed E-state index contributed by atoms with van der Waals surface area (Å²) in [5.74, 6) is 0.870. The van der Waals surface area contributed by atoms with Crippen LogP contribution >= 0.6 is 12.2 Å². The minimum absolute atomic E-state index is 0.0553. The van der Waals surface area contributed by atoms with Crippen molar-refractivity contribution in [2.45, 2.75) is 51.8 Å². The molecule has 0 amide bonds. The van der Waals surface area contributed by atoms with Crippen LogP contribution in [0, 0.1) is 0 Å². The van der Waals surface area contributed by atoms with E-state index in [0.29, 0.717) is 0 Å². The van der Waals surface area contributed by atoms with E-state index in [4.69, 9.17) is 21.7 Å². The van der Waals surface area contributed by atoms with Crippen LogP contribution in [0.2, 0.25) is 0 Å². The number of thiocarbonyl (C=S) groups is 1. The maximum atomic E-state index is 5.79. The maximum Gasteiger partial charge on any atom is 0.169 e. The van der Waals surface area contributed by atoms with Crippen molar-refractivity contribution in [1.82, 2.24) is 10.2 Å². The molecule has 1 atom stereocenters. The van der Waals surface area contributed by atoms with E-state index in [1.165, 1.54) is 5.56 Å². The molecule has 0 aliphatic carbocycles. The molecule has 128 valence electrons. The standard InChI is InChI=1S/C18H28N2O2S/c1-18(2,3)19-17(23)20(13-16-9-6-10-22-16)12-14-7-5-8-15(11-14)21-4/h5,7-8,11,16H,6,9-10,12-13H2,1-4H3,(H,19,23). The molecule has 1 aliphatic rings. The van der Waals surface area contributed by atoms with E-state index in [-0.39, 0.29) is 11.6 Å². The Morgan fingerprint density at radius 1 is 1.43 bits per heavy atom. The molecular weight excluding hydrogens is 308 g/mol. The molecule has 0 aromatic heterocycles. The summed E-state index contributed by atoms with van der Waals surface area (Å²) in [6, 6.07) is 8.13. The average Bonchev–Trinajstić information content (AvgIpc) is 2.98. The zero-order valence-corrected chi connectivity index (χ0v) is 15.4. The van der Waals surface area contributed by atoms with Gasteiger partial charge in [0.05, 0.1) is 13.2 Å². The number of hydrogen-bond donors (Lipinski definition) is 1. The minimum atomic E-state index is -0.0553. The molecule has 1 heterocycles. The van der Waals surface area contributed by atoms with Gasteiger partial charge in [-0.3, -0.25) is 0 Å². The molecule has 4 nitrogen and oxygen atoms in total. The average molecular weight is 337 g/mol. The van der Waals surface area contributed by atoms with Crippen molar-refractivity contribution in [3.05, 3.63) is 29.8 Å². The second-order valence-electron chi connectivity index (χ2n) is 7.05. The Bertz CT molecular complexity index is 522. The normalized spacial score (nSPS) is 17.8. The summed E-state index contributed by atoms with van der Waals surface area (Å²) in [6.45, 7) is 8.79. The van der Waals surface area contributed by atoms with Crippen LogP contribution in [-0.4, -0.2) is 41.9 Å². The summed E-state index contributed by atoms with van der Waals surface area (Å²) < 4.78 is 11.1. The van der Waals surface area contributed by atoms with Crippen molar-refractivity contribution < 1.29 is 9.47 Å². The van der Waals surface area contributed by atoms with Gasteiger partial charge in [0.2, 0.25) is 0 Å². The summed E-state index contributed by atoms with van der Waals surface area (Å²) in [6.07, 6.45) is 2.50. The Kier molecular flexibility index (Phi) is 6.25. The molecule has 1 aromatic carbocycles. The van der Waals surface area contributed by atoms with Crippen molar-refractivity contribution >= 4 is 17.3 Å². The van der Waals surface area contributed by atoms with Crippen molar-refractivity contribution in [1.29, 1.82) is 0 Å². The predicted octanol–water partition coefficient (Wildman–Crippen LogP) is 3.35. The fraction of sp³-hybridized carbons (Fsp3) is 0.611. The van der Waals surface area contributed by atoms with Gasteiger partial charge in [0.15, 0.2) is 5.11 Å². The van der Waals surface area contributed by atoms with Crippen LogP contribution < -0.4 is 10.1 Å². The van der Waals surface area contributed by atoms with Gasteiger partial charge in [-0.05, 0) is 63.5 Å². The Morgan fingerprint density at radius 2 is 2.22 bits per heavy atom. The molecular formula is C18H28N2O2S. The highest BCUT2D eigenvalue weighted by molar-refractivity contribution is 7.80. The first-order chi connectivity index (χ1) is 10.9. The molecule has 2 rings (SSSR count). The molecule has 0 spiro atoms. The highest BCUT2D eigenvalue weighted by Gasteiger charge is 2.23. The van der Waals surface area contributed by atoms with E-state index in [1.54, 1.807) is 7.11 Å². The SMILES string of the molecule is COc1cccc(CN(CC2CCCO2)C(=S)NC(C)(C)C)c1. The minimum Gasteiger partial charge on any atom is -0.497 e. The fourth-order valence-corrected chi connectivity index (χ4v) is 3.09. The summed E-state index contributed by atoms with van der Waals surface area (Å²) in [4.78, 5) is 2.20. The summed E-state index contributed by atoms with van der Waals surface area (Å²) in [7, 11) is 1.69. The number of rotatable bonds is 5. The first-order valence-electron chi connectivity index (χ1n) is 8.19. The van der Waals surface area contributed by atoms with Gasteiger partial charge in [0, 0.05) is 25.2 Å². The van der Waals surface area contributed by atoms with Crippen LogP contribution in [0.15, 0.2) is 24.3 Å². The van der Waals surface area contributed by atoms with Crippen molar-refractivity contribution in [2.24, 2.45) is 0 Å². The van der Waals surface area contributed by atoms with Crippen LogP contribution in [0.4, 0.5) is 0 Å². The van der Waals surface area contributed by atoms with E-state index in [1.807, 2.05) is 12.1 Å². The largest absolute Gasteiger partial charge is 0.497 e.